The summed E-state index contributed by atoms with van der Waals surface area (Å²) in [5, 5.41) is 0. The van der Waals surface area contributed by atoms with Crippen LogP contribution in [0.15, 0.2) is 0 Å². The molecule has 5 heteroatoms. The number of carbonyl (C=O) groups excluding carboxylic acids is 2. The standard InChI is InChI=1S/C13H23ClO4/c1-4-5-6-17-12(7-11(15)9-14)8-13(16)18-10(2)3/h10,12H,4-9H2,1-3H3/t12-/m1/s1. The van der Waals surface area contributed by atoms with Crippen molar-refractivity contribution < 1.29 is 19.1 Å². The third-order valence-electron chi connectivity index (χ3n) is 2.22. The molecule has 0 saturated heterocycles. The minimum absolute atomic E-state index is 0.0487. The zero-order chi connectivity index (χ0) is 14.0. The molecule has 0 aliphatic heterocycles. The van der Waals surface area contributed by atoms with Crippen LogP contribution in [0.5, 0.6) is 0 Å². The highest BCUT2D eigenvalue weighted by Gasteiger charge is 2.19. The van der Waals surface area contributed by atoms with Crippen molar-refractivity contribution >= 4 is 23.4 Å². The lowest BCUT2D eigenvalue weighted by atomic mass is 10.1. The minimum atomic E-state index is -0.422. The smallest absolute Gasteiger partial charge is 0.308 e. The molecule has 0 heterocycles. The van der Waals surface area contributed by atoms with E-state index in [0.29, 0.717) is 6.61 Å². The van der Waals surface area contributed by atoms with E-state index in [1.165, 1.54) is 0 Å². The number of esters is 1. The van der Waals surface area contributed by atoms with Crippen molar-refractivity contribution in [3.8, 4) is 0 Å². The first-order valence-corrected chi connectivity index (χ1v) is 6.91. The fraction of sp³-hybridized carbons (Fsp3) is 0.846. The Labute approximate surface area is 114 Å². The molecule has 0 amide bonds. The predicted molar refractivity (Wildman–Crippen MR) is 70.8 cm³/mol. The van der Waals surface area contributed by atoms with Crippen LogP contribution in [0.25, 0.3) is 0 Å². The summed E-state index contributed by atoms with van der Waals surface area (Å²) in [4.78, 5) is 22.8. The zero-order valence-electron chi connectivity index (χ0n) is 11.4. The molecular formula is C13H23ClO4. The van der Waals surface area contributed by atoms with E-state index in [1.54, 1.807) is 13.8 Å². The molecule has 18 heavy (non-hydrogen) atoms. The summed E-state index contributed by atoms with van der Waals surface area (Å²) >= 11 is 5.46. The number of unbranched alkanes of at least 4 members (excludes halogenated alkanes) is 1. The highest BCUT2D eigenvalue weighted by atomic mass is 35.5. The molecule has 0 radical (unpaired) electrons. The molecule has 0 N–H and O–H groups in total. The molecule has 0 aliphatic rings. The molecule has 1 atom stereocenters. The molecule has 0 aromatic carbocycles. The topological polar surface area (TPSA) is 52.6 Å². The monoisotopic (exact) mass is 278 g/mol. The van der Waals surface area contributed by atoms with Gasteiger partial charge in [-0.3, -0.25) is 9.59 Å². The Morgan fingerprint density at radius 1 is 1.22 bits per heavy atom. The Hall–Kier alpha value is -0.610. The van der Waals surface area contributed by atoms with E-state index in [4.69, 9.17) is 21.1 Å². The fourth-order valence-corrected chi connectivity index (χ4v) is 1.50. The van der Waals surface area contributed by atoms with Gasteiger partial charge in [0.05, 0.1) is 24.5 Å². The van der Waals surface area contributed by atoms with E-state index >= 15 is 0 Å². The van der Waals surface area contributed by atoms with Crippen molar-refractivity contribution in [1.29, 1.82) is 0 Å². The highest BCUT2D eigenvalue weighted by molar-refractivity contribution is 6.27. The lowest BCUT2D eigenvalue weighted by Gasteiger charge is -2.17. The molecule has 0 aliphatic carbocycles. The Morgan fingerprint density at radius 3 is 2.39 bits per heavy atom. The van der Waals surface area contributed by atoms with Crippen LogP contribution in [-0.2, 0) is 19.1 Å². The van der Waals surface area contributed by atoms with Gasteiger partial charge in [-0.1, -0.05) is 13.3 Å². The normalized spacial score (nSPS) is 12.5. The number of rotatable bonds is 10. The van der Waals surface area contributed by atoms with E-state index in [1.807, 2.05) is 0 Å². The summed E-state index contributed by atoms with van der Waals surface area (Å²) in [6, 6.07) is 0. The predicted octanol–water partition coefficient (Wildman–Crippen LogP) is 2.71. The van der Waals surface area contributed by atoms with Crippen LogP contribution in [-0.4, -0.2) is 36.4 Å². The van der Waals surface area contributed by atoms with Crippen LogP contribution in [0.4, 0.5) is 0 Å². The van der Waals surface area contributed by atoms with Crippen molar-refractivity contribution in [2.24, 2.45) is 0 Å². The lowest BCUT2D eigenvalue weighted by Crippen LogP contribution is -2.25. The molecule has 0 rings (SSSR count). The number of carbonyl (C=O) groups is 2. The van der Waals surface area contributed by atoms with Crippen molar-refractivity contribution in [3.05, 3.63) is 0 Å². The Morgan fingerprint density at radius 2 is 1.89 bits per heavy atom. The minimum Gasteiger partial charge on any atom is -0.463 e. The SMILES string of the molecule is CCCCO[C@H](CC(=O)CCl)CC(=O)OC(C)C. The van der Waals surface area contributed by atoms with E-state index < -0.39 is 6.10 Å². The third-order valence-corrected chi connectivity index (χ3v) is 2.52. The number of Topliss-reactive ketones (excluding diaryl/α,β-unsaturated/α-hetero) is 1. The zero-order valence-corrected chi connectivity index (χ0v) is 12.2. The van der Waals surface area contributed by atoms with Crippen LogP contribution in [0.3, 0.4) is 0 Å². The molecule has 0 aromatic heterocycles. The maximum atomic E-state index is 11.5. The maximum Gasteiger partial charge on any atom is 0.308 e. The molecule has 106 valence electrons. The van der Waals surface area contributed by atoms with Crippen molar-refractivity contribution in [2.75, 3.05) is 12.5 Å². The second kappa shape index (κ2) is 10.3. The van der Waals surface area contributed by atoms with Gasteiger partial charge in [-0.2, -0.15) is 0 Å². The number of hydrogen-bond donors (Lipinski definition) is 0. The number of halogens is 1. The third kappa shape index (κ3) is 9.42. The first-order valence-electron chi connectivity index (χ1n) is 6.38. The molecule has 0 bridgehead atoms. The first-order chi connectivity index (χ1) is 8.49. The number of ketones is 1. The fourth-order valence-electron chi connectivity index (χ4n) is 1.39. The quantitative estimate of drug-likeness (QED) is 0.350. The molecular weight excluding hydrogens is 256 g/mol. The summed E-state index contributed by atoms with van der Waals surface area (Å²) in [6.07, 6.45) is 1.61. The highest BCUT2D eigenvalue weighted by Crippen LogP contribution is 2.09. The summed E-state index contributed by atoms with van der Waals surface area (Å²) in [6.45, 7) is 6.17. The van der Waals surface area contributed by atoms with E-state index in [-0.39, 0.29) is 36.6 Å². The van der Waals surface area contributed by atoms with Gasteiger partial charge in [0.2, 0.25) is 0 Å². The van der Waals surface area contributed by atoms with Crippen LogP contribution in [0.2, 0.25) is 0 Å². The summed E-state index contributed by atoms with van der Waals surface area (Å²) < 4.78 is 10.6. The summed E-state index contributed by atoms with van der Waals surface area (Å²) in [5.41, 5.74) is 0. The Kier molecular flexibility index (Phi) is 9.98. The molecule has 0 spiro atoms. The van der Waals surface area contributed by atoms with Crippen molar-refractivity contribution in [3.63, 3.8) is 0 Å². The summed E-state index contributed by atoms with van der Waals surface area (Å²) in [7, 11) is 0. The summed E-state index contributed by atoms with van der Waals surface area (Å²) in [5.74, 6) is -0.503. The second-order valence-electron chi connectivity index (χ2n) is 4.47. The van der Waals surface area contributed by atoms with Gasteiger partial charge < -0.3 is 9.47 Å². The largest absolute Gasteiger partial charge is 0.463 e. The van der Waals surface area contributed by atoms with Gasteiger partial charge in [0.15, 0.2) is 0 Å². The lowest BCUT2D eigenvalue weighted by molar-refractivity contribution is -0.150. The maximum absolute atomic E-state index is 11.5. The molecule has 4 nitrogen and oxygen atoms in total. The second-order valence-corrected chi connectivity index (χ2v) is 4.73. The van der Waals surface area contributed by atoms with Gasteiger partial charge in [0, 0.05) is 13.0 Å². The number of alkyl halides is 1. The first kappa shape index (κ1) is 17.4. The van der Waals surface area contributed by atoms with Crippen LogP contribution < -0.4 is 0 Å². The van der Waals surface area contributed by atoms with Gasteiger partial charge in [-0.15, -0.1) is 11.6 Å². The Balaban J connectivity index is 4.18. The number of ether oxygens (including phenoxy) is 2. The van der Waals surface area contributed by atoms with E-state index in [2.05, 4.69) is 6.92 Å². The Bertz CT molecular complexity index is 253. The van der Waals surface area contributed by atoms with Crippen molar-refractivity contribution in [2.45, 2.75) is 58.7 Å². The van der Waals surface area contributed by atoms with Gasteiger partial charge in [-0.25, -0.2) is 0 Å². The average Bonchev–Trinajstić information content (AvgIpc) is 2.27. The molecule has 0 fully saturated rings. The molecule has 0 aromatic rings. The van der Waals surface area contributed by atoms with Gasteiger partial charge in [-0.05, 0) is 20.3 Å². The van der Waals surface area contributed by atoms with Crippen molar-refractivity contribution in [1.82, 2.24) is 0 Å². The van der Waals surface area contributed by atoms with Gasteiger partial charge in [0.25, 0.3) is 0 Å². The van der Waals surface area contributed by atoms with E-state index in [0.717, 1.165) is 12.8 Å². The molecule has 0 saturated carbocycles. The van der Waals surface area contributed by atoms with Crippen LogP contribution in [0, 0.1) is 0 Å². The number of hydrogen-bond acceptors (Lipinski definition) is 4. The average molecular weight is 279 g/mol. The molecule has 0 unspecified atom stereocenters. The van der Waals surface area contributed by atoms with Crippen LogP contribution in [0.1, 0.15) is 46.5 Å². The van der Waals surface area contributed by atoms with Crippen LogP contribution >= 0.6 is 11.6 Å². The van der Waals surface area contributed by atoms with Gasteiger partial charge in [0.1, 0.15) is 5.78 Å². The van der Waals surface area contributed by atoms with Gasteiger partial charge >= 0.3 is 5.97 Å². The van der Waals surface area contributed by atoms with E-state index in [9.17, 15) is 9.59 Å².